The van der Waals surface area contributed by atoms with Crippen LogP contribution in [0.25, 0.3) is 0 Å². The molecule has 2 unspecified atom stereocenters. The van der Waals surface area contributed by atoms with Crippen molar-refractivity contribution in [2.75, 3.05) is 0 Å². The molecule has 2 rings (SSSR count). The van der Waals surface area contributed by atoms with Gasteiger partial charge in [-0.3, -0.25) is 0 Å². The van der Waals surface area contributed by atoms with Crippen molar-refractivity contribution in [1.29, 1.82) is 0 Å². The van der Waals surface area contributed by atoms with Gasteiger partial charge in [-0.2, -0.15) is 0 Å². The Hall–Kier alpha value is -1.38. The highest BCUT2D eigenvalue weighted by Crippen LogP contribution is 2.25. The normalized spacial score (nSPS) is 14.0. The molecule has 2 atom stereocenters. The summed E-state index contributed by atoms with van der Waals surface area (Å²) in [6, 6.07) is 11.6. The van der Waals surface area contributed by atoms with Crippen LogP contribution in [-0.4, -0.2) is 0 Å². The molecule has 21 heavy (non-hydrogen) atoms. The molecule has 0 radical (unpaired) electrons. The summed E-state index contributed by atoms with van der Waals surface area (Å²) >= 11 is 5.85. The molecule has 2 aromatic rings. The fourth-order valence-electron chi connectivity index (χ4n) is 2.57. The van der Waals surface area contributed by atoms with Gasteiger partial charge < -0.3 is 5.32 Å². The van der Waals surface area contributed by atoms with Crippen LogP contribution in [0, 0.1) is 19.7 Å². The Morgan fingerprint density at radius 1 is 1.00 bits per heavy atom. The van der Waals surface area contributed by atoms with Crippen molar-refractivity contribution in [2.45, 2.75) is 39.8 Å². The van der Waals surface area contributed by atoms with Crippen molar-refractivity contribution in [3.05, 3.63) is 69.5 Å². The van der Waals surface area contributed by atoms with Crippen LogP contribution in [0.5, 0.6) is 0 Å². The van der Waals surface area contributed by atoms with Crippen LogP contribution >= 0.6 is 11.6 Å². The Labute approximate surface area is 131 Å². The fourth-order valence-corrected chi connectivity index (χ4v) is 2.76. The van der Waals surface area contributed by atoms with Gasteiger partial charge in [-0.05, 0) is 56.5 Å². The van der Waals surface area contributed by atoms with Crippen LogP contribution in [0.4, 0.5) is 4.39 Å². The van der Waals surface area contributed by atoms with Gasteiger partial charge >= 0.3 is 0 Å². The molecule has 0 fully saturated rings. The van der Waals surface area contributed by atoms with Crippen molar-refractivity contribution in [3.8, 4) is 0 Å². The number of hydrogen-bond acceptors (Lipinski definition) is 1. The molecule has 0 aliphatic heterocycles. The van der Waals surface area contributed by atoms with Gasteiger partial charge in [0.25, 0.3) is 0 Å². The summed E-state index contributed by atoms with van der Waals surface area (Å²) in [6.07, 6.45) is 0. The predicted octanol–water partition coefficient (Wildman–Crippen LogP) is 5.51. The Kier molecular flexibility index (Phi) is 5.02. The smallest absolute Gasteiger partial charge is 0.141 e. The van der Waals surface area contributed by atoms with E-state index < -0.39 is 0 Å². The van der Waals surface area contributed by atoms with Crippen LogP contribution < -0.4 is 5.32 Å². The minimum atomic E-state index is -0.379. The molecule has 112 valence electrons. The van der Waals surface area contributed by atoms with Gasteiger partial charge in [-0.25, -0.2) is 4.39 Å². The molecule has 2 aromatic carbocycles. The lowest BCUT2D eigenvalue weighted by atomic mass is 9.98. The predicted molar refractivity (Wildman–Crippen MR) is 87.3 cm³/mol. The minimum absolute atomic E-state index is 0.0954. The first-order valence-corrected chi connectivity index (χ1v) is 7.54. The van der Waals surface area contributed by atoms with E-state index in [9.17, 15) is 4.39 Å². The highest BCUT2D eigenvalue weighted by atomic mass is 35.5. The molecule has 0 spiro atoms. The van der Waals surface area contributed by atoms with Crippen LogP contribution in [-0.2, 0) is 0 Å². The zero-order chi connectivity index (χ0) is 15.6. The van der Waals surface area contributed by atoms with Gasteiger partial charge in [-0.15, -0.1) is 0 Å². The van der Waals surface area contributed by atoms with E-state index in [-0.39, 0.29) is 22.9 Å². The molecule has 0 saturated heterocycles. The van der Waals surface area contributed by atoms with Gasteiger partial charge in [0.05, 0.1) is 5.02 Å². The molecule has 0 aliphatic carbocycles. The maximum Gasteiger partial charge on any atom is 0.141 e. The van der Waals surface area contributed by atoms with Crippen molar-refractivity contribution in [2.24, 2.45) is 0 Å². The average Bonchev–Trinajstić information content (AvgIpc) is 2.44. The lowest BCUT2D eigenvalue weighted by Crippen LogP contribution is -2.23. The summed E-state index contributed by atoms with van der Waals surface area (Å²) in [5.74, 6) is -0.379. The average molecular weight is 306 g/mol. The van der Waals surface area contributed by atoms with Gasteiger partial charge in [-0.1, -0.05) is 41.4 Å². The Morgan fingerprint density at radius 2 is 1.71 bits per heavy atom. The van der Waals surface area contributed by atoms with Crippen LogP contribution in [0.3, 0.4) is 0 Å². The molecule has 0 saturated carbocycles. The molecule has 0 aliphatic rings. The minimum Gasteiger partial charge on any atom is -0.304 e. The van der Waals surface area contributed by atoms with E-state index in [4.69, 9.17) is 11.6 Å². The second-order valence-corrected chi connectivity index (χ2v) is 6.05. The molecular formula is C18H21ClFN. The first kappa shape index (κ1) is 16.0. The number of rotatable bonds is 4. The fraction of sp³-hybridized carbons (Fsp3) is 0.333. The molecule has 0 aromatic heterocycles. The van der Waals surface area contributed by atoms with E-state index in [1.807, 2.05) is 0 Å². The standard InChI is InChI=1S/C18H21ClFN/c1-11-5-6-12(2)16(9-11)14(4)21-13(3)15-7-8-18(20)17(19)10-15/h5-10,13-14,21H,1-4H3. The summed E-state index contributed by atoms with van der Waals surface area (Å²) in [5.41, 5.74) is 4.79. The number of hydrogen-bond donors (Lipinski definition) is 1. The third-order valence-electron chi connectivity index (χ3n) is 3.84. The lowest BCUT2D eigenvalue weighted by Gasteiger charge is -2.22. The van der Waals surface area contributed by atoms with Crippen LogP contribution in [0.1, 0.15) is 48.2 Å². The van der Waals surface area contributed by atoms with Gasteiger partial charge in [0.2, 0.25) is 0 Å². The van der Waals surface area contributed by atoms with Gasteiger partial charge in [0, 0.05) is 12.1 Å². The summed E-state index contributed by atoms with van der Waals surface area (Å²) < 4.78 is 13.2. The molecule has 0 heterocycles. The van der Waals surface area contributed by atoms with Crippen molar-refractivity contribution in [1.82, 2.24) is 5.32 Å². The second kappa shape index (κ2) is 6.59. The first-order chi connectivity index (χ1) is 9.88. The summed E-state index contributed by atoms with van der Waals surface area (Å²) in [4.78, 5) is 0. The maximum absolute atomic E-state index is 13.2. The van der Waals surface area contributed by atoms with Gasteiger partial charge in [0.1, 0.15) is 5.82 Å². The molecular weight excluding hydrogens is 285 g/mol. The number of halogens is 2. The topological polar surface area (TPSA) is 12.0 Å². The van der Waals surface area contributed by atoms with Crippen molar-refractivity contribution in [3.63, 3.8) is 0 Å². The van der Waals surface area contributed by atoms with Crippen LogP contribution in [0.2, 0.25) is 5.02 Å². The van der Waals surface area contributed by atoms with E-state index in [1.165, 1.54) is 22.8 Å². The van der Waals surface area contributed by atoms with E-state index in [1.54, 1.807) is 12.1 Å². The van der Waals surface area contributed by atoms with E-state index in [0.717, 1.165) is 5.56 Å². The van der Waals surface area contributed by atoms with E-state index in [0.29, 0.717) is 0 Å². The largest absolute Gasteiger partial charge is 0.304 e. The second-order valence-electron chi connectivity index (χ2n) is 5.64. The Morgan fingerprint density at radius 3 is 2.38 bits per heavy atom. The van der Waals surface area contributed by atoms with E-state index in [2.05, 4.69) is 51.2 Å². The first-order valence-electron chi connectivity index (χ1n) is 7.16. The zero-order valence-corrected chi connectivity index (χ0v) is 13.6. The molecule has 1 N–H and O–H groups in total. The third kappa shape index (κ3) is 3.84. The van der Waals surface area contributed by atoms with Crippen LogP contribution in [0.15, 0.2) is 36.4 Å². The van der Waals surface area contributed by atoms with Crippen molar-refractivity contribution < 1.29 is 4.39 Å². The van der Waals surface area contributed by atoms with Gasteiger partial charge in [0.15, 0.2) is 0 Å². The SMILES string of the molecule is Cc1ccc(C)c(C(C)NC(C)c2ccc(F)c(Cl)c2)c1. The summed E-state index contributed by atoms with van der Waals surface area (Å²) in [6.45, 7) is 8.42. The lowest BCUT2D eigenvalue weighted by molar-refractivity contribution is 0.492. The highest BCUT2D eigenvalue weighted by Gasteiger charge is 2.14. The number of nitrogens with one attached hydrogen (secondary N) is 1. The summed E-state index contributed by atoms with van der Waals surface area (Å²) in [5, 5.41) is 3.71. The summed E-state index contributed by atoms with van der Waals surface area (Å²) in [7, 11) is 0. The Balaban J connectivity index is 2.16. The molecule has 1 nitrogen and oxygen atoms in total. The molecule has 3 heteroatoms. The monoisotopic (exact) mass is 305 g/mol. The van der Waals surface area contributed by atoms with E-state index >= 15 is 0 Å². The van der Waals surface area contributed by atoms with Crippen molar-refractivity contribution >= 4 is 11.6 Å². The Bertz CT molecular complexity index is 639. The quantitative estimate of drug-likeness (QED) is 0.785. The molecule has 0 bridgehead atoms. The highest BCUT2D eigenvalue weighted by molar-refractivity contribution is 6.30. The molecule has 0 amide bonds. The number of benzene rings is 2. The zero-order valence-electron chi connectivity index (χ0n) is 12.9. The number of aryl methyl sites for hydroxylation is 2. The third-order valence-corrected chi connectivity index (χ3v) is 4.13. The maximum atomic E-state index is 13.2.